The predicted octanol–water partition coefficient (Wildman–Crippen LogP) is 2.75. The second kappa shape index (κ2) is 6.26. The minimum Gasteiger partial charge on any atom is -0.496 e. The Morgan fingerprint density at radius 2 is 2.10 bits per heavy atom. The average molecular weight is 303 g/mol. The van der Waals surface area contributed by atoms with E-state index in [-0.39, 0.29) is 0 Å². The van der Waals surface area contributed by atoms with Crippen molar-refractivity contribution in [1.82, 2.24) is 9.78 Å². The molecule has 1 aromatic carbocycles. The summed E-state index contributed by atoms with van der Waals surface area (Å²) in [6, 6.07) is 5.89. The largest absolute Gasteiger partial charge is 0.496 e. The zero-order valence-electron chi connectivity index (χ0n) is 12.9. The number of aromatic nitrogens is 2. The molecule has 0 saturated heterocycles. The molecule has 0 radical (unpaired) electrons. The van der Waals surface area contributed by atoms with Crippen molar-refractivity contribution < 1.29 is 4.74 Å². The van der Waals surface area contributed by atoms with E-state index >= 15 is 0 Å². The zero-order chi connectivity index (χ0) is 15.6. The van der Waals surface area contributed by atoms with Crippen LogP contribution >= 0.6 is 12.2 Å². The molecule has 0 aliphatic carbocycles. The average Bonchev–Trinajstić information content (AvgIpc) is 2.72. The summed E-state index contributed by atoms with van der Waals surface area (Å²) in [5, 5.41) is 4.61. The van der Waals surface area contributed by atoms with Crippen LogP contribution in [0.3, 0.4) is 0 Å². The molecular formula is C16H21N3OS. The number of nitrogens with zero attached hydrogens (tertiary/aromatic N) is 2. The van der Waals surface area contributed by atoms with Crippen molar-refractivity contribution in [2.24, 2.45) is 5.73 Å². The number of aryl methyl sites for hydroxylation is 1. The molecular weight excluding hydrogens is 282 g/mol. The molecule has 0 bridgehead atoms. The van der Waals surface area contributed by atoms with Crippen molar-refractivity contribution in [2.45, 2.75) is 33.7 Å². The molecule has 0 aliphatic rings. The Balaban J connectivity index is 2.36. The lowest BCUT2D eigenvalue weighted by atomic mass is 10.1. The van der Waals surface area contributed by atoms with E-state index in [9.17, 15) is 0 Å². The van der Waals surface area contributed by atoms with Gasteiger partial charge < -0.3 is 10.5 Å². The van der Waals surface area contributed by atoms with Crippen molar-refractivity contribution >= 4 is 17.2 Å². The Hall–Kier alpha value is -1.88. The van der Waals surface area contributed by atoms with Crippen LogP contribution in [0.5, 0.6) is 5.75 Å². The Labute approximate surface area is 130 Å². The van der Waals surface area contributed by atoms with Gasteiger partial charge in [0, 0.05) is 5.69 Å². The molecule has 2 N–H and O–H groups in total. The Kier molecular flexibility index (Phi) is 4.63. The van der Waals surface area contributed by atoms with Crippen molar-refractivity contribution in [2.75, 3.05) is 7.11 Å². The van der Waals surface area contributed by atoms with Gasteiger partial charge in [-0.15, -0.1) is 0 Å². The summed E-state index contributed by atoms with van der Waals surface area (Å²) in [5.41, 5.74) is 11.3. The fourth-order valence-corrected chi connectivity index (χ4v) is 2.78. The maximum absolute atomic E-state index is 5.76. The predicted molar refractivity (Wildman–Crippen MR) is 89.1 cm³/mol. The van der Waals surface area contributed by atoms with E-state index in [4.69, 9.17) is 22.7 Å². The molecule has 1 heterocycles. The van der Waals surface area contributed by atoms with Crippen LogP contribution < -0.4 is 10.5 Å². The van der Waals surface area contributed by atoms with Gasteiger partial charge in [0.15, 0.2) is 0 Å². The third-order valence-corrected chi connectivity index (χ3v) is 3.97. The fraction of sp³-hybridized carbons (Fsp3) is 0.375. The van der Waals surface area contributed by atoms with Gasteiger partial charge in [-0.2, -0.15) is 5.10 Å². The number of benzene rings is 1. The van der Waals surface area contributed by atoms with E-state index in [0.29, 0.717) is 17.3 Å². The van der Waals surface area contributed by atoms with Crippen molar-refractivity contribution in [3.05, 3.63) is 46.3 Å². The summed E-state index contributed by atoms with van der Waals surface area (Å²) in [4.78, 5) is 0.344. The standard InChI is InChI=1S/C16H21N3OS/c1-5-13-10(2)18-19(11(13)3)9-12-6-7-15(20-4)14(8-12)16(17)21/h6-8H,5,9H2,1-4H3,(H2,17,21). The van der Waals surface area contributed by atoms with Crippen LogP contribution in [0, 0.1) is 13.8 Å². The number of hydrogen-bond acceptors (Lipinski definition) is 3. The molecule has 5 heteroatoms. The number of nitrogens with two attached hydrogens (primary N) is 1. The highest BCUT2D eigenvalue weighted by molar-refractivity contribution is 7.80. The number of rotatable bonds is 5. The van der Waals surface area contributed by atoms with Crippen LogP contribution in [0.15, 0.2) is 18.2 Å². The van der Waals surface area contributed by atoms with Gasteiger partial charge in [0.1, 0.15) is 10.7 Å². The summed E-state index contributed by atoms with van der Waals surface area (Å²) in [6.45, 7) is 7.01. The number of thiocarbonyl (C=S) groups is 1. The second-order valence-electron chi connectivity index (χ2n) is 5.06. The van der Waals surface area contributed by atoms with E-state index < -0.39 is 0 Å². The second-order valence-corrected chi connectivity index (χ2v) is 5.50. The summed E-state index contributed by atoms with van der Waals surface area (Å²) in [5.74, 6) is 0.703. The van der Waals surface area contributed by atoms with Gasteiger partial charge in [-0.3, -0.25) is 4.68 Å². The quantitative estimate of drug-likeness (QED) is 0.863. The van der Waals surface area contributed by atoms with E-state index in [1.165, 1.54) is 11.3 Å². The monoisotopic (exact) mass is 303 g/mol. The highest BCUT2D eigenvalue weighted by atomic mass is 32.1. The lowest BCUT2D eigenvalue weighted by Crippen LogP contribution is -2.12. The smallest absolute Gasteiger partial charge is 0.129 e. The maximum atomic E-state index is 5.76. The van der Waals surface area contributed by atoms with E-state index in [1.54, 1.807) is 7.11 Å². The van der Waals surface area contributed by atoms with E-state index in [1.807, 2.05) is 22.9 Å². The first-order valence-electron chi connectivity index (χ1n) is 6.97. The maximum Gasteiger partial charge on any atom is 0.129 e. The lowest BCUT2D eigenvalue weighted by molar-refractivity contribution is 0.414. The van der Waals surface area contributed by atoms with Crippen LogP contribution in [0.2, 0.25) is 0 Å². The number of ether oxygens (including phenoxy) is 1. The molecule has 0 unspecified atom stereocenters. The molecule has 1 aromatic heterocycles. The van der Waals surface area contributed by atoms with Gasteiger partial charge in [0.05, 0.1) is 24.9 Å². The Morgan fingerprint density at radius 1 is 1.38 bits per heavy atom. The van der Waals surface area contributed by atoms with Crippen LogP contribution in [0.4, 0.5) is 0 Å². The van der Waals surface area contributed by atoms with Gasteiger partial charge in [0.25, 0.3) is 0 Å². The zero-order valence-corrected chi connectivity index (χ0v) is 13.8. The topological polar surface area (TPSA) is 53.1 Å². The van der Waals surface area contributed by atoms with Crippen LogP contribution in [-0.2, 0) is 13.0 Å². The lowest BCUT2D eigenvalue weighted by Gasteiger charge is -2.11. The van der Waals surface area contributed by atoms with Crippen molar-refractivity contribution in [3.8, 4) is 5.75 Å². The van der Waals surface area contributed by atoms with Crippen LogP contribution in [-0.4, -0.2) is 21.9 Å². The first-order chi connectivity index (χ1) is 9.97. The van der Waals surface area contributed by atoms with Crippen LogP contribution in [0.25, 0.3) is 0 Å². The molecule has 21 heavy (non-hydrogen) atoms. The molecule has 0 aliphatic heterocycles. The molecule has 0 saturated carbocycles. The molecule has 4 nitrogen and oxygen atoms in total. The summed E-state index contributed by atoms with van der Waals surface area (Å²) < 4.78 is 7.31. The summed E-state index contributed by atoms with van der Waals surface area (Å²) in [6.07, 6.45) is 0.998. The van der Waals surface area contributed by atoms with Crippen LogP contribution in [0.1, 0.15) is 35.0 Å². The molecule has 2 rings (SSSR count). The molecule has 0 spiro atoms. The van der Waals surface area contributed by atoms with E-state index in [2.05, 4.69) is 25.9 Å². The molecule has 2 aromatic rings. The normalized spacial score (nSPS) is 10.7. The first-order valence-corrected chi connectivity index (χ1v) is 7.38. The highest BCUT2D eigenvalue weighted by Gasteiger charge is 2.12. The first kappa shape index (κ1) is 15.5. The molecule has 112 valence electrons. The minimum atomic E-state index is 0.344. The minimum absolute atomic E-state index is 0.344. The van der Waals surface area contributed by atoms with Gasteiger partial charge in [-0.05, 0) is 43.5 Å². The molecule has 0 fully saturated rings. The fourth-order valence-electron chi connectivity index (χ4n) is 2.62. The van der Waals surface area contributed by atoms with E-state index in [0.717, 1.165) is 23.2 Å². The number of methoxy groups -OCH3 is 1. The van der Waals surface area contributed by atoms with Gasteiger partial charge in [-0.1, -0.05) is 25.2 Å². The number of hydrogen-bond donors (Lipinski definition) is 1. The van der Waals surface area contributed by atoms with Crippen molar-refractivity contribution in [3.63, 3.8) is 0 Å². The van der Waals surface area contributed by atoms with Gasteiger partial charge >= 0.3 is 0 Å². The van der Waals surface area contributed by atoms with Crippen molar-refractivity contribution in [1.29, 1.82) is 0 Å². The third-order valence-electron chi connectivity index (χ3n) is 3.75. The SMILES string of the molecule is CCc1c(C)nn(Cc2ccc(OC)c(C(N)=S)c2)c1C. The summed E-state index contributed by atoms with van der Waals surface area (Å²) in [7, 11) is 1.62. The Morgan fingerprint density at radius 3 is 2.62 bits per heavy atom. The summed E-state index contributed by atoms with van der Waals surface area (Å²) >= 11 is 5.08. The highest BCUT2D eigenvalue weighted by Crippen LogP contribution is 2.21. The van der Waals surface area contributed by atoms with Gasteiger partial charge in [-0.25, -0.2) is 0 Å². The molecule has 0 atom stereocenters. The van der Waals surface area contributed by atoms with Gasteiger partial charge in [0.2, 0.25) is 0 Å². The Bertz CT molecular complexity index is 676. The third kappa shape index (κ3) is 3.08. The molecule has 0 amide bonds.